The Kier molecular flexibility index (Phi) is 2.98. The molecule has 96 valence electrons. The van der Waals surface area contributed by atoms with Gasteiger partial charge in [-0.15, -0.1) is 0 Å². The normalized spacial score (nSPS) is 11.1. The smallest absolute Gasteiger partial charge is 0.160 e. The third kappa shape index (κ3) is 2.00. The zero-order chi connectivity index (χ0) is 13.4. The van der Waals surface area contributed by atoms with E-state index in [4.69, 9.17) is 0 Å². The van der Waals surface area contributed by atoms with Gasteiger partial charge in [0, 0.05) is 18.3 Å². The summed E-state index contributed by atoms with van der Waals surface area (Å²) in [6.07, 6.45) is 1.76. The minimum atomic E-state index is 0.208. The number of benzene rings is 1. The second-order valence-electron chi connectivity index (χ2n) is 4.19. The molecule has 0 saturated heterocycles. The number of fused-ring (bicyclic) bond motifs is 1. The van der Waals surface area contributed by atoms with Gasteiger partial charge in [-0.25, -0.2) is 9.97 Å². The molecule has 0 radical (unpaired) electrons. The molecule has 2 heterocycles. The number of rotatable bonds is 2. The van der Waals surface area contributed by atoms with Gasteiger partial charge in [-0.3, -0.25) is 0 Å². The SMILES string of the molecule is CCn1c(-c2ccc(Br)c(O)c2)nc2cccnc21. The van der Waals surface area contributed by atoms with Gasteiger partial charge in [0.05, 0.1) is 4.47 Å². The van der Waals surface area contributed by atoms with E-state index in [0.29, 0.717) is 4.47 Å². The van der Waals surface area contributed by atoms with Crippen molar-refractivity contribution in [3.05, 3.63) is 41.0 Å². The highest BCUT2D eigenvalue weighted by Gasteiger charge is 2.13. The van der Waals surface area contributed by atoms with Crippen LogP contribution in [0.4, 0.5) is 0 Å². The molecule has 0 fully saturated rings. The number of imidazole rings is 1. The first-order valence-electron chi connectivity index (χ1n) is 6.01. The zero-order valence-corrected chi connectivity index (χ0v) is 11.9. The number of aryl methyl sites for hydroxylation is 1. The second-order valence-corrected chi connectivity index (χ2v) is 5.05. The highest BCUT2D eigenvalue weighted by Crippen LogP contribution is 2.30. The molecule has 0 spiro atoms. The third-order valence-electron chi connectivity index (χ3n) is 3.02. The fourth-order valence-electron chi connectivity index (χ4n) is 2.13. The molecule has 1 aromatic carbocycles. The summed E-state index contributed by atoms with van der Waals surface area (Å²) < 4.78 is 2.71. The number of phenols is 1. The monoisotopic (exact) mass is 317 g/mol. The van der Waals surface area contributed by atoms with Crippen LogP contribution >= 0.6 is 15.9 Å². The molecule has 19 heavy (non-hydrogen) atoms. The van der Waals surface area contributed by atoms with Crippen LogP contribution < -0.4 is 0 Å². The van der Waals surface area contributed by atoms with Crippen LogP contribution in [-0.2, 0) is 6.54 Å². The largest absolute Gasteiger partial charge is 0.507 e. The van der Waals surface area contributed by atoms with E-state index < -0.39 is 0 Å². The lowest BCUT2D eigenvalue weighted by Crippen LogP contribution is -1.98. The van der Waals surface area contributed by atoms with Gasteiger partial charge in [-0.1, -0.05) is 0 Å². The average molecular weight is 318 g/mol. The molecule has 0 aliphatic heterocycles. The first-order valence-corrected chi connectivity index (χ1v) is 6.80. The lowest BCUT2D eigenvalue weighted by Gasteiger charge is -2.06. The Morgan fingerprint density at radius 3 is 2.89 bits per heavy atom. The molecular formula is C14H12BrN3O. The molecule has 3 rings (SSSR count). The summed E-state index contributed by atoms with van der Waals surface area (Å²) in [7, 11) is 0. The van der Waals surface area contributed by atoms with Crippen LogP contribution in [0.5, 0.6) is 5.75 Å². The van der Waals surface area contributed by atoms with E-state index >= 15 is 0 Å². The summed E-state index contributed by atoms with van der Waals surface area (Å²) >= 11 is 3.28. The fourth-order valence-corrected chi connectivity index (χ4v) is 2.38. The molecule has 2 aromatic heterocycles. The van der Waals surface area contributed by atoms with Crippen molar-refractivity contribution in [2.75, 3.05) is 0 Å². The maximum atomic E-state index is 9.80. The summed E-state index contributed by atoms with van der Waals surface area (Å²) in [5.41, 5.74) is 2.60. The number of pyridine rings is 1. The third-order valence-corrected chi connectivity index (χ3v) is 3.69. The molecule has 1 N–H and O–H groups in total. The maximum absolute atomic E-state index is 9.80. The molecular weight excluding hydrogens is 306 g/mol. The van der Waals surface area contributed by atoms with E-state index in [0.717, 1.165) is 29.1 Å². The highest BCUT2D eigenvalue weighted by atomic mass is 79.9. The van der Waals surface area contributed by atoms with Crippen LogP contribution in [0.2, 0.25) is 0 Å². The Bertz CT molecular complexity index is 752. The summed E-state index contributed by atoms with van der Waals surface area (Å²) in [6, 6.07) is 9.26. The Balaban J connectivity index is 2.26. The van der Waals surface area contributed by atoms with Crippen LogP contribution in [0.1, 0.15) is 6.92 Å². The van der Waals surface area contributed by atoms with E-state index in [2.05, 4.69) is 32.8 Å². The molecule has 0 aliphatic carbocycles. The number of hydrogen-bond acceptors (Lipinski definition) is 3. The second kappa shape index (κ2) is 4.66. The van der Waals surface area contributed by atoms with Gasteiger partial charge in [0.1, 0.15) is 17.1 Å². The van der Waals surface area contributed by atoms with Crippen LogP contribution in [-0.4, -0.2) is 19.6 Å². The molecule has 3 aromatic rings. The number of hydrogen-bond donors (Lipinski definition) is 1. The van der Waals surface area contributed by atoms with Crippen molar-refractivity contribution in [2.45, 2.75) is 13.5 Å². The van der Waals surface area contributed by atoms with E-state index in [1.807, 2.05) is 28.8 Å². The van der Waals surface area contributed by atoms with E-state index in [1.165, 1.54) is 0 Å². The average Bonchev–Trinajstić information content (AvgIpc) is 2.80. The summed E-state index contributed by atoms with van der Waals surface area (Å²) in [5, 5.41) is 9.80. The van der Waals surface area contributed by atoms with Crippen molar-refractivity contribution in [2.24, 2.45) is 0 Å². The van der Waals surface area contributed by atoms with Crippen molar-refractivity contribution in [3.63, 3.8) is 0 Å². The van der Waals surface area contributed by atoms with E-state index in [-0.39, 0.29) is 5.75 Å². The predicted molar refractivity (Wildman–Crippen MR) is 78.0 cm³/mol. The van der Waals surface area contributed by atoms with Crippen LogP contribution in [0.15, 0.2) is 41.0 Å². The number of aromatic hydroxyl groups is 1. The first kappa shape index (κ1) is 12.2. The molecule has 0 atom stereocenters. The van der Waals surface area contributed by atoms with Gasteiger partial charge in [-0.2, -0.15) is 0 Å². The Hall–Kier alpha value is -1.88. The van der Waals surface area contributed by atoms with Crippen molar-refractivity contribution in [3.8, 4) is 17.1 Å². The number of nitrogens with zero attached hydrogens (tertiary/aromatic N) is 3. The van der Waals surface area contributed by atoms with Crippen molar-refractivity contribution < 1.29 is 5.11 Å². The summed E-state index contributed by atoms with van der Waals surface area (Å²) in [4.78, 5) is 8.97. The van der Waals surface area contributed by atoms with Crippen molar-refractivity contribution >= 4 is 27.1 Å². The molecule has 0 saturated carbocycles. The first-order chi connectivity index (χ1) is 9.20. The van der Waals surface area contributed by atoms with Gasteiger partial charge >= 0.3 is 0 Å². The van der Waals surface area contributed by atoms with Gasteiger partial charge in [0.15, 0.2) is 5.65 Å². The van der Waals surface area contributed by atoms with Crippen molar-refractivity contribution in [1.29, 1.82) is 0 Å². The molecule has 0 bridgehead atoms. The maximum Gasteiger partial charge on any atom is 0.160 e. The standard InChI is InChI=1S/C14H12BrN3O/c1-2-18-13(9-5-6-10(15)12(19)8-9)17-11-4-3-7-16-14(11)18/h3-8,19H,2H2,1H3. The van der Waals surface area contributed by atoms with Gasteiger partial charge in [0.25, 0.3) is 0 Å². The lowest BCUT2D eigenvalue weighted by atomic mass is 10.2. The van der Waals surface area contributed by atoms with Gasteiger partial charge < -0.3 is 9.67 Å². The minimum absolute atomic E-state index is 0.208. The summed E-state index contributed by atoms with van der Waals surface area (Å²) in [6.45, 7) is 2.83. The Morgan fingerprint density at radius 2 is 2.16 bits per heavy atom. The molecule has 0 unspecified atom stereocenters. The van der Waals surface area contributed by atoms with E-state index in [9.17, 15) is 5.11 Å². The van der Waals surface area contributed by atoms with Crippen LogP contribution in [0.3, 0.4) is 0 Å². The zero-order valence-electron chi connectivity index (χ0n) is 10.3. The molecule has 0 aliphatic rings. The molecule has 4 nitrogen and oxygen atoms in total. The lowest BCUT2D eigenvalue weighted by molar-refractivity contribution is 0.472. The van der Waals surface area contributed by atoms with Gasteiger partial charge in [0.2, 0.25) is 0 Å². The quantitative estimate of drug-likeness (QED) is 0.785. The Morgan fingerprint density at radius 1 is 1.32 bits per heavy atom. The minimum Gasteiger partial charge on any atom is -0.507 e. The fraction of sp³-hybridized carbons (Fsp3) is 0.143. The molecule has 0 amide bonds. The van der Waals surface area contributed by atoms with Crippen LogP contribution in [0, 0.1) is 0 Å². The van der Waals surface area contributed by atoms with Crippen molar-refractivity contribution in [1.82, 2.24) is 14.5 Å². The Labute approximate surface area is 118 Å². The number of halogens is 1. The highest BCUT2D eigenvalue weighted by molar-refractivity contribution is 9.10. The van der Waals surface area contributed by atoms with E-state index in [1.54, 1.807) is 12.3 Å². The summed E-state index contributed by atoms with van der Waals surface area (Å²) in [5.74, 6) is 1.03. The number of phenolic OH excluding ortho intramolecular Hbond substituents is 1. The van der Waals surface area contributed by atoms with Crippen LogP contribution in [0.25, 0.3) is 22.6 Å². The molecule has 5 heteroatoms. The topological polar surface area (TPSA) is 50.9 Å². The van der Waals surface area contributed by atoms with Gasteiger partial charge in [-0.05, 0) is 53.2 Å². The predicted octanol–water partition coefficient (Wildman–Crippen LogP) is 3.59. The number of aromatic nitrogens is 3.